The average Bonchev–Trinajstić information content (AvgIpc) is 2.70. The third kappa shape index (κ3) is 4.44. The van der Waals surface area contributed by atoms with Crippen molar-refractivity contribution >= 4 is 17.3 Å². The van der Waals surface area contributed by atoms with Crippen molar-refractivity contribution in [3.05, 3.63) is 66.2 Å². The summed E-state index contributed by atoms with van der Waals surface area (Å²) in [6, 6.07) is 14.0. The second-order valence-electron chi connectivity index (χ2n) is 6.08. The fraction of sp³-hybridized carbons (Fsp3) is 0.200. The van der Waals surface area contributed by atoms with Crippen LogP contribution in [-0.4, -0.2) is 29.7 Å². The van der Waals surface area contributed by atoms with Crippen LogP contribution in [0.5, 0.6) is 11.5 Å². The summed E-state index contributed by atoms with van der Waals surface area (Å²) in [4.78, 5) is 8.48. The van der Waals surface area contributed by atoms with E-state index in [1.807, 2.05) is 24.3 Å². The molecule has 3 aromatic rings. The van der Waals surface area contributed by atoms with E-state index in [0.717, 1.165) is 29.2 Å². The van der Waals surface area contributed by atoms with Gasteiger partial charge in [-0.3, -0.25) is 0 Å². The quantitative estimate of drug-likeness (QED) is 0.692. The maximum Gasteiger partial charge on any atom is 0.163 e. The fourth-order valence-electron chi connectivity index (χ4n) is 2.78. The van der Waals surface area contributed by atoms with Gasteiger partial charge in [-0.25, -0.2) is 14.4 Å². The van der Waals surface area contributed by atoms with Crippen molar-refractivity contribution in [2.24, 2.45) is 0 Å². The molecule has 0 atom stereocenters. The minimum absolute atomic E-state index is 0.225. The van der Waals surface area contributed by atoms with Gasteiger partial charge in [-0.1, -0.05) is 12.1 Å². The third-order valence-corrected chi connectivity index (χ3v) is 4.11. The lowest BCUT2D eigenvalue weighted by Crippen LogP contribution is -2.15. The first-order valence-corrected chi connectivity index (χ1v) is 8.73. The molecule has 2 aromatic carbocycles. The maximum atomic E-state index is 12.9. The first-order valence-electron chi connectivity index (χ1n) is 8.73. The normalized spacial score (nSPS) is 12.5. The molecule has 0 amide bonds. The zero-order valence-corrected chi connectivity index (χ0v) is 14.6. The van der Waals surface area contributed by atoms with Gasteiger partial charge >= 0.3 is 0 Å². The maximum absolute atomic E-state index is 12.9. The van der Waals surface area contributed by atoms with Crippen LogP contribution < -0.4 is 20.1 Å². The number of hydrogen-bond acceptors (Lipinski definition) is 6. The van der Waals surface area contributed by atoms with Crippen LogP contribution in [0.15, 0.2) is 54.9 Å². The summed E-state index contributed by atoms with van der Waals surface area (Å²) in [5.74, 6) is 2.63. The summed E-state index contributed by atoms with van der Waals surface area (Å²) < 4.78 is 24.1. The molecule has 0 saturated carbocycles. The molecule has 0 saturated heterocycles. The van der Waals surface area contributed by atoms with Crippen LogP contribution in [0.1, 0.15) is 5.56 Å². The van der Waals surface area contributed by atoms with Crippen molar-refractivity contribution in [2.45, 2.75) is 6.42 Å². The van der Waals surface area contributed by atoms with E-state index in [2.05, 4.69) is 20.6 Å². The molecule has 1 aromatic heterocycles. The Morgan fingerprint density at radius 3 is 2.52 bits per heavy atom. The highest BCUT2D eigenvalue weighted by Crippen LogP contribution is 2.33. The standard InChI is InChI=1S/C20H19FN4O2/c21-15-3-1-14(2-4-15)7-8-22-19-12-20(24-13-23-19)25-16-5-6-17-18(11-16)27-10-9-26-17/h1-6,11-13H,7-10H2,(H2,22,23,24,25). The molecule has 1 aliphatic rings. The Hall–Kier alpha value is -3.35. The number of fused-ring (bicyclic) bond motifs is 1. The Morgan fingerprint density at radius 2 is 1.67 bits per heavy atom. The molecule has 0 unspecified atom stereocenters. The molecular formula is C20H19FN4O2. The number of anilines is 3. The van der Waals surface area contributed by atoms with Gasteiger partial charge < -0.3 is 20.1 Å². The van der Waals surface area contributed by atoms with Crippen molar-refractivity contribution in [3.8, 4) is 11.5 Å². The number of rotatable bonds is 6. The van der Waals surface area contributed by atoms with Gasteiger partial charge in [-0.2, -0.15) is 0 Å². The predicted octanol–water partition coefficient (Wildman–Crippen LogP) is 3.79. The van der Waals surface area contributed by atoms with E-state index in [1.54, 1.807) is 12.1 Å². The largest absolute Gasteiger partial charge is 0.486 e. The Kier molecular flexibility index (Phi) is 5.00. The zero-order chi connectivity index (χ0) is 18.5. The highest BCUT2D eigenvalue weighted by atomic mass is 19.1. The number of ether oxygens (including phenoxy) is 2. The summed E-state index contributed by atoms with van der Waals surface area (Å²) in [7, 11) is 0. The minimum atomic E-state index is -0.225. The number of nitrogens with zero attached hydrogens (tertiary/aromatic N) is 2. The molecule has 0 spiro atoms. The Bertz CT molecular complexity index is 918. The van der Waals surface area contributed by atoms with Crippen LogP contribution in [0.3, 0.4) is 0 Å². The van der Waals surface area contributed by atoms with Crippen LogP contribution in [0.25, 0.3) is 0 Å². The van der Waals surface area contributed by atoms with E-state index >= 15 is 0 Å². The van der Waals surface area contributed by atoms with Crippen LogP contribution in [-0.2, 0) is 6.42 Å². The molecule has 6 nitrogen and oxygen atoms in total. The highest BCUT2D eigenvalue weighted by Gasteiger charge is 2.12. The number of aromatic nitrogens is 2. The van der Waals surface area contributed by atoms with E-state index in [-0.39, 0.29) is 5.82 Å². The molecule has 0 fully saturated rings. The van der Waals surface area contributed by atoms with Gasteiger partial charge in [0.05, 0.1) is 0 Å². The topological polar surface area (TPSA) is 68.3 Å². The molecule has 4 rings (SSSR count). The fourth-order valence-corrected chi connectivity index (χ4v) is 2.78. The molecule has 2 heterocycles. The van der Waals surface area contributed by atoms with Crippen LogP contribution in [0.2, 0.25) is 0 Å². The SMILES string of the molecule is Fc1ccc(CCNc2cc(Nc3ccc4c(c3)OCCO4)ncn2)cc1. The van der Waals surface area contributed by atoms with Gasteiger partial charge in [-0.15, -0.1) is 0 Å². The first kappa shape index (κ1) is 17.1. The van der Waals surface area contributed by atoms with Gasteiger partial charge in [0.2, 0.25) is 0 Å². The van der Waals surface area contributed by atoms with Gasteiger partial charge in [0.25, 0.3) is 0 Å². The summed E-state index contributed by atoms with van der Waals surface area (Å²) in [5, 5.41) is 6.49. The average molecular weight is 366 g/mol. The summed E-state index contributed by atoms with van der Waals surface area (Å²) >= 11 is 0. The molecule has 138 valence electrons. The third-order valence-electron chi connectivity index (χ3n) is 4.11. The Balaban J connectivity index is 1.36. The molecule has 7 heteroatoms. The summed E-state index contributed by atoms with van der Waals surface area (Å²) in [6.45, 7) is 1.80. The van der Waals surface area contributed by atoms with Crippen molar-refractivity contribution in [1.82, 2.24) is 9.97 Å². The van der Waals surface area contributed by atoms with Crippen molar-refractivity contribution in [3.63, 3.8) is 0 Å². The second kappa shape index (κ2) is 7.90. The lowest BCUT2D eigenvalue weighted by Gasteiger charge is -2.19. The summed E-state index contributed by atoms with van der Waals surface area (Å²) in [5.41, 5.74) is 1.92. The Morgan fingerprint density at radius 1 is 0.889 bits per heavy atom. The van der Waals surface area contributed by atoms with Gasteiger partial charge in [0.15, 0.2) is 11.5 Å². The minimum Gasteiger partial charge on any atom is -0.486 e. The van der Waals surface area contributed by atoms with Gasteiger partial charge in [0.1, 0.15) is 37.0 Å². The number of benzene rings is 2. The van der Waals surface area contributed by atoms with Gasteiger partial charge in [-0.05, 0) is 36.2 Å². The van der Waals surface area contributed by atoms with Crippen LogP contribution in [0, 0.1) is 5.82 Å². The molecule has 0 bridgehead atoms. The second-order valence-corrected chi connectivity index (χ2v) is 6.08. The van der Waals surface area contributed by atoms with Gasteiger partial charge in [0, 0.05) is 24.4 Å². The highest BCUT2D eigenvalue weighted by molar-refractivity contribution is 5.63. The monoisotopic (exact) mass is 366 g/mol. The lowest BCUT2D eigenvalue weighted by molar-refractivity contribution is 0.171. The molecule has 0 aliphatic carbocycles. The van der Waals surface area contributed by atoms with Crippen molar-refractivity contribution in [2.75, 3.05) is 30.4 Å². The van der Waals surface area contributed by atoms with E-state index < -0.39 is 0 Å². The van der Waals surface area contributed by atoms with E-state index in [9.17, 15) is 4.39 Å². The number of halogens is 1. The lowest BCUT2D eigenvalue weighted by atomic mass is 10.1. The molecule has 2 N–H and O–H groups in total. The van der Waals surface area contributed by atoms with Crippen molar-refractivity contribution < 1.29 is 13.9 Å². The van der Waals surface area contributed by atoms with E-state index in [1.165, 1.54) is 18.5 Å². The molecule has 1 aliphatic heterocycles. The molecular weight excluding hydrogens is 347 g/mol. The predicted molar refractivity (Wildman–Crippen MR) is 101 cm³/mol. The smallest absolute Gasteiger partial charge is 0.163 e. The van der Waals surface area contributed by atoms with Crippen molar-refractivity contribution in [1.29, 1.82) is 0 Å². The van der Waals surface area contributed by atoms with Crippen LogP contribution >= 0.6 is 0 Å². The molecule has 0 radical (unpaired) electrons. The van der Waals surface area contributed by atoms with E-state index in [0.29, 0.717) is 31.4 Å². The molecule has 27 heavy (non-hydrogen) atoms. The first-order chi connectivity index (χ1) is 13.3. The summed E-state index contributed by atoms with van der Waals surface area (Å²) in [6.07, 6.45) is 2.27. The van der Waals surface area contributed by atoms with E-state index in [4.69, 9.17) is 9.47 Å². The number of hydrogen-bond donors (Lipinski definition) is 2. The Labute approximate surface area is 156 Å². The number of nitrogens with one attached hydrogen (secondary N) is 2. The zero-order valence-electron chi connectivity index (χ0n) is 14.6. The van der Waals surface area contributed by atoms with Crippen LogP contribution in [0.4, 0.5) is 21.7 Å².